The number of aliphatic hydroxyl groups is 2. The summed E-state index contributed by atoms with van der Waals surface area (Å²) in [6.07, 6.45) is 51.5. The average molecular weight is 1060 g/mol. The number of rotatable bonds is 50. The molecule has 1 rings (SSSR count). The Morgan fingerprint density at radius 2 is 0.827 bits per heavy atom. The van der Waals surface area contributed by atoms with Gasteiger partial charge in [-0.3, -0.25) is 14.4 Å². The van der Waals surface area contributed by atoms with Gasteiger partial charge in [0.15, 0.2) is 24.6 Å². The van der Waals surface area contributed by atoms with Crippen molar-refractivity contribution in [3.63, 3.8) is 0 Å². The second-order valence-corrected chi connectivity index (χ2v) is 20.3. The number of carbonyl (C=O) groups excluding carboxylic acids is 3. The molecule has 430 valence electrons. The summed E-state index contributed by atoms with van der Waals surface area (Å²) < 4.78 is 28.4. The summed E-state index contributed by atoms with van der Waals surface area (Å²) in [5.41, 5.74) is 0. The largest absolute Gasteiger partial charge is 0.479 e. The molecule has 12 nitrogen and oxygen atoms in total. The van der Waals surface area contributed by atoms with Gasteiger partial charge in [0.05, 0.1) is 6.61 Å². The van der Waals surface area contributed by atoms with Crippen LogP contribution in [0, 0.1) is 0 Å². The molecule has 0 bridgehead atoms. The quantitative estimate of drug-likeness (QED) is 0.0228. The molecule has 6 unspecified atom stereocenters. The molecule has 1 fully saturated rings. The highest BCUT2D eigenvalue weighted by molar-refractivity contribution is 5.74. The molecule has 12 heteroatoms. The molecule has 1 aliphatic heterocycles. The van der Waals surface area contributed by atoms with E-state index in [1.54, 1.807) is 0 Å². The molecule has 0 aromatic rings. The standard InChI is InChI=1S/C63H106O12/c1-4-7-10-13-16-19-22-25-26-27-28-29-30-33-36-39-42-45-48-51-57(66)74-61-59(68)58(67)60(62(69)70)75-63(61)72-53-54(73-56(65)50-47-44-41-38-35-32-24-21-18-15-12-9-6-3)52-71-55(64)49-46-43-40-37-34-31-23-20-17-14-11-8-5-2/h11-12,14-16,19-21,23-26,54,58-61,63,67-68H,4-10,13,17-18,22,27-53H2,1-3H3,(H,69,70)/b14-11-,15-12-,19-16-,23-20-,24-21-,26-25-. The molecule has 0 radical (unpaired) electrons. The number of carboxylic acid groups (broad SMARTS) is 1. The monoisotopic (exact) mass is 1050 g/mol. The predicted molar refractivity (Wildman–Crippen MR) is 303 cm³/mol. The summed E-state index contributed by atoms with van der Waals surface area (Å²) in [7, 11) is 0. The summed E-state index contributed by atoms with van der Waals surface area (Å²) in [6, 6.07) is 0. The van der Waals surface area contributed by atoms with Gasteiger partial charge in [-0.25, -0.2) is 4.79 Å². The zero-order valence-corrected chi connectivity index (χ0v) is 47.3. The SMILES string of the molecule is CCC/C=C\C/C=C\CCCCCCCC(=O)OCC(COC1OC(C(=O)O)C(O)C(O)C1OC(=O)CCCCCCCCCCC/C=C\C/C=C\CCCCC)OC(=O)CCCCCCC/C=C\C/C=C\CCC. The van der Waals surface area contributed by atoms with E-state index in [1.165, 1.54) is 51.4 Å². The number of carboxylic acids is 1. The number of aliphatic hydroxyl groups excluding tert-OH is 2. The summed E-state index contributed by atoms with van der Waals surface area (Å²) in [4.78, 5) is 51.1. The molecule has 1 saturated heterocycles. The number of esters is 3. The maximum atomic E-state index is 13.1. The van der Waals surface area contributed by atoms with Gasteiger partial charge in [0, 0.05) is 19.3 Å². The first kappa shape index (κ1) is 69.2. The van der Waals surface area contributed by atoms with Crippen LogP contribution in [0.2, 0.25) is 0 Å². The predicted octanol–water partition coefficient (Wildman–Crippen LogP) is 15.3. The molecular weight excluding hydrogens is 949 g/mol. The highest BCUT2D eigenvalue weighted by Crippen LogP contribution is 2.26. The minimum Gasteiger partial charge on any atom is -0.479 e. The van der Waals surface area contributed by atoms with E-state index in [0.29, 0.717) is 19.3 Å². The van der Waals surface area contributed by atoms with Gasteiger partial charge in [0.1, 0.15) is 18.8 Å². The molecule has 3 N–H and O–H groups in total. The fraction of sp³-hybridized carbons (Fsp3) is 0.746. The van der Waals surface area contributed by atoms with Crippen LogP contribution in [0.25, 0.3) is 0 Å². The molecule has 6 atom stereocenters. The minimum absolute atomic E-state index is 0.0510. The van der Waals surface area contributed by atoms with Crippen LogP contribution in [0.5, 0.6) is 0 Å². The van der Waals surface area contributed by atoms with Crippen molar-refractivity contribution in [3.8, 4) is 0 Å². The van der Waals surface area contributed by atoms with Crippen LogP contribution in [0.3, 0.4) is 0 Å². The Hall–Kier alpha value is -3.84. The highest BCUT2D eigenvalue weighted by Gasteiger charge is 2.50. The topological polar surface area (TPSA) is 175 Å². The zero-order chi connectivity index (χ0) is 54.7. The first-order chi connectivity index (χ1) is 36.6. The van der Waals surface area contributed by atoms with E-state index < -0.39 is 67.3 Å². The van der Waals surface area contributed by atoms with Gasteiger partial charge in [-0.2, -0.15) is 0 Å². The molecular formula is C63H106O12. The summed E-state index contributed by atoms with van der Waals surface area (Å²) in [6.45, 7) is 5.82. The Labute approximate surface area is 455 Å². The van der Waals surface area contributed by atoms with Crippen molar-refractivity contribution in [3.05, 3.63) is 72.9 Å². The van der Waals surface area contributed by atoms with Crippen LogP contribution in [0.4, 0.5) is 0 Å². The van der Waals surface area contributed by atoms with Crippen molar-refractivity contribution in [1.29, 1.82) is 0 Å². The smallest absolute Gasteiger partial charge is 0.335 e. The zero-order valence-electron chi connectivity index (χ0n) is 47.3. The molecule has 0 amide bonds. The lowest BCUT2D eigenvalue weighted by Crippen LogP contribution is -2.61. The maximum absolute atomic E-state index is 13.1. The van der Waals surface area contributed by atoms with Gasteiger partial charge in [-0.1, -0.05) is 203 Å². The molecule has 1 aliphatic rings. The van der Waals surface area contributed by atoms with Crippen LogP contribution in [-0.4, -0.2) is 89.2 Å². The third-order valence-electron chi connectivity index (χ3n) is 13.2. The fourth-order valence-corrected chi connectivity index (χ4v) is 8.59. The van der Waals surface area contributed by atoms with E-state index >= 15 is 0 Å². The van der Waals surface area contributed by atoms with Crippen LogP contribution in [0.1, 0.15) is 252 Å². The van der Waals surface area contributed by atoms with E-state index in [2.05, 4.69) is 93.7 Å². The summed E-state index contributed by atoms with van der Waals surface area (Å²) in [5.74, 6) is -3.16. The molecule has 0 spiro atoms. The number of aliphatic carboxylic acids is 1. The van der Waals surface area contributed by atoms with Crippen molar-refractivity contribution in [2.45, 2.75) is 289 Å². The number of hydrogen-bond acceptors (Lipinski definition) is 11. The molecule has 1 heterocycles. The molecule has 0 aromatic heterocycles. The van der Waals surface area contributed by atoms with Crippen LogP contribution in [0.15, 0.2) is 72.9 Å². The Kier molecular flexibility index (Phi) is 47.0. The Bertz CT molecular complexity index is 1580. The maximum Gasteiger partial charge on any atom is 0.335 e. The van der Waals surface area contributed by atoms with E-state index in [0.717, 1.165) is 141 Å². The molecule has 0 aliphatic carbocycles. The number of unbranched alkanes of at least 4 members (excludes halogenated alkanes) is 24. The van der Waals surface area contributed by atoms with E-state index in [-0.39, 0.29) is 25.9 Å². The number of allylic oxidation sites excluding steroid dienone is 12. The first-order valence-electron chi connectivity index (χ1n) is 29.9. The first-order valence-corrected chi connectivity index (χ1v) is 29.9. The van der Waals surface area contributed by atoms with Gasteiger partial charge in [0.2, 0.25) is 0 Å². The van der Waals surface area contributed by atoms with Crippen molar-refractivity contribution >= 4 is 23.9 Å². The van der Waals surface area contributed by atoms with Crippen molar-refractivity contribution < 1.29 is 58.2 Å². The van der Waals surface area contributed by atoms with E-state index in [9.17, 15) is 34.5 Å². The Morgan fingerprint density at radius 1 is 0.440 bits per heavy atom. The number of ether oxygens (including phenoxy) is 5. The van der Waals surface area contributed by atoms with Crippen molar-refractivity contribution in [1.82, 2.24) is 0 Å². The van der Waals surface area contributed by atoms with Crippen LogP contribution < -0.4 is 0 Å². The second kappa shape index (κ2) is 50.9. The van der Waals surface area contributed by atoms with Gasteiger partial charge in [-0.05, 0) is 103 Å². The fourth-order valence-electron chi connectivity index (χ4n) is 8.59. The number of hydrogen-bond donors (Lipinski definition) is 3. The molecule has 0 aromatic carbocycles. The van der Waals surface area contributed by atoms with Gasteiger partial charge in [0.25, 0.3) is 0 Å². The van der Waals surface area contributed by atoms with Gasteiger partial charge in [-0.15, -0.1) is 0 Å². The third kappa shape index (κ3) is 41.0. The van der Waals surface area contributed by atoms with Crippen LogP contribution >= 0.6 is 0 Å². The van der Waals surface area contributed by atoms with Crippen molar-refractivity contribution in [2.24, 2.45) is 0 Å². The van der Waals surface area contributed by atoms with Gasteiger partial charge >= 0.3 is 23.9 Å². The number of carbonyl (C=O) groups is 4. The lowest BCUT2D eigenvalue weighted by atomic mass is 9.98. The third-order valence-corrected chi connectivity index (χ3v) is 13.2. The lowest BCUT2D eigenvalue weighted by Gasteiger charge is -2.40. The lowest BCUT2D eigenvalue weighted by molar-refractivity contribution is -0.301. The second-order valence-electron chi connectivity index (χ2n) is 20.3. The normalized spacial score (nSPS) is 18.7. The average Bonchev–Trinajstić information content (AvgIpc) is 3.39. The Balaban J connectivity index is 2.68. The van der Waals surface area contributed by atoms with E-state index in [1.807, 2.05) is 0 Å². The van der Waals surface area contributed by atoms with Crippen LogP contribution in [-0.2, 0) is 42.9 Å². The minimum atomic E-state index is -1.91. The highest BCUT2D eigenvalue weighted by atomic mass is 16.7. The van der Waals surface area contributed by atoms with E-state index in [4.69, 9.17) is 23.7 Å². The summed E-state index contributed by atoms with van der Waals surface area (Å²) in [5, 5.41) is 31.5. The van der Waals surface area contributed by atoms with Gasteiger partial charge < -0.3 is 39.0 Å². The van der Waals surface area contributed by atoms with Crippen molar-refractivity contribution in [2.75, 3.05) is 13.2 Å². The Morgan fingerprint density at radius 3 is 1.25 bits per heavy atom. The summed E-state index contributed by atoms with van der Waals surface area (Å²) >= 11 is 0. The molecule has 0 saturated carbocycles. The molecule has 75 heavy (non-hydrogen) atoms.